The summed E-state index contributed by atoms with van der Waals surface area (Å²) in [6.45, 7) is 2.74. The Morgan fingerprint density at radius 3 is 2.26 bits per heavy atom. The second kappa shape index (κ2) is 12.1. The van der Waals surface area contributed by atoms with Gasteiger partial charge < -0.3 is 15.4 Å². The average Bonchev–Trinajstić information content (AvgIpc) is 2.80. The van der Waals surface area contributed by atoms with Crippen LogP contribution in [-0.4, -0.2) is 36.9 Å². The van der Waals surface area contributed by atoms with Crippen molar-refractivity contribution in [1.29, 1.82) is 0 Å². The molecule has 2 amide bonds. The van der Waals surface area contributed by atoms with Crippen LogP contribution < -0.4 is 15.4 Å². The molecule has 0 aliphatic carbocycles. The summed E-state index contributed by atoms with van der Waals surface area (Å²) < 4.78 is 44.3. The molecule has 0 saturated heterocycles. The fourth-order valence-corrected chi connectivity index (χ4v) is 3.35. The highest BCUT2D eigenvalue weighted by molar-refractivity contribution is 6.42. The van der Waals surface area contributed by atoms with Gasteiger partial charge in [0.15, 0.2) is 0 Å². The topological polar surface area (TPSA) is 84.5 Å². The van der Waals surface area contributed by atoms with E-state index < -0.39 is 41.8 Å². The standard InChI is InChI=1S/C24H23Cl2F3N2O4/c1-13(2)20(22(33)24(27,28)29)31-23(34)21(15-5-4-6-16(12-15)35-3)30-19(32)10-8-14-7-9-17(25)18(26)11-14/h4-13,20-21H,1-3H3,(H,30,32)(H,31,34)/b10-8+/t20-,21-/m0/s1. The summed E-state index contributed by atoms with van der Waals surface area (Å²) in [4.78, 5) is 37.5. The Hall–Kier alpha value is -3.04. The Bertz CT molecular complexity index is 1120. The van der Waals surface area contributed by atoms with Crippen molar-refractivity contribution in [3.8, 4) is 5.75 Å². The number of carbonyl (C=O) groups is 3. The summed E-state index contributed by atoms with van der Waals surface area (Å²) in [7, 11) is 1.39. The lowest BCUT2D eigenvalue weighted by atomic mass is 9.98. The molecule has 0 aliphatic heterocycles. The largest absolute Gasteiger partial charge is 0.497 e. The Kier molecular flexibility index (Phi) is 9.73. The van der Waals surface area contributed by atoms with E-state index in [0.29, 0.717) is 16.3 Å². The summed E-state index contributed by atoms with van der Waals surface area (Å²) in [5.41, 5.74) is 0.785. The van der Waals surface area contributed by atoms with Gasteiger partial charge in [0.1, 0.15) is 11.8 Å². The van der Waals surface area contributed by atoms with Crippen LogP contribution in [-0.2, 0) is 14.4 Å². The maximum absolute atomic E-state index is 13.0. The SMILES string of the molecule is COc1cccc([C@H](NC(=O)/C=C/c2ccc(Cl)c(Cl)c2)C(=O)N[C@H](C(=O)C(F)(F)F)C(C)C)c1. The molecule has 0 aromatic heterocycles. The molecule has 2 aromatic rings. The van der Waals surface area contributed by atoms with E-state index in [2.05, 4.69) is 10.6 Å². The van der Waals surface area contributed by atoms with Crippen molar-refractivity contribution >= 4 is 46.9 Å². The summed E-state index contributed by atoms with van der Waals surface area (Å²) in [5.74, 6) is -4.30. The van der Waals surface area contributed by atoms with Crippen LogP contribution >= 0.6 is 23.2 Å². The molecule has 35 heavy (non-hydrogen) atoms. The van der Waals surface area contributed by atoms with E-state index in [1.165, 1.54) is 51.3 Å². The summed E-state index contributed by atoms with van der Waals surface area (Å²) in [6.07, 6.45) is -2.59. The summed E-state index contributed by atoms with van der Waals surface area (Å²) in [6, 6.07) is 7.50. The van der Waals surface area contributed by atoms with Crippen LogP contribution in [0.5, 0.6) is 5.75 Å². The maximum Gasteiger partial charge on any atom is 0.452 e. The van der Waals surface area contributed by atoms with Gasteiger partial charge in [-0.15, -0.1) is 0 Å². The van der Waals surface area contributed by atoms with Crippen LogP contribution in [0.25, 0.3) is 6.08 Å². The molecule has 2 atom stereocenters. The smallest absolute Gasteiger partial charge is 0.452 e. The van der Waals surface area contributed by atoms with Crippen LogP contribution in [0.15, 0.2) is 48.5 Å². The van der Waals surface area contributed by atoms with Gasteiger partial charge in [0, 0.05) is 6.08 Å². The quantitative estimate of drug-likeness (QED) is 0.439. The van der Waals surface area contributed by atoms with E-state index in [4.69, 9.17) is 27.9 Å². The van der Waals surface area contributed by atoms with Crippen LogP contribution in [0.2, 0.25) is 10.0 Å². The highest BCUT2D eigenvalue weighted by atomic mass is 35.5. The summed E-state index contributed by atoms with van der Waals surface area (Å²) in [5, 5.41) is 5.19. The fourth-order valence-electron chi connectivity index (χ4n) is 3.05. The molecule has 0 bridgehead atoms. The molecule has 0 heterocycles. The minimum atomic E-state index is -5.14. The second-order valence-corrected chi connectivity index (χ2v) is 8.63. The van der Waals surface area contributed by atoms with E-state index in [0.717, 1.165) is 6.08 Å². The number of carbonyl (C=O) groups excluding carboxylic acids is 3. The van der Waals surface area contributed by atoms with Crippen molar-refractivity contribution in [2.45, 2.75) is 32.1 Å². The molecule has 0 radical (unpaired) electrons. The highest BCUT2D eigenvalue weighted by Gasteiger charge is 2.45. The van der Waals surface area contributed by atoms with Crippen molar-refractivity contribution in [3.05, 3.63) is 69.7 Å². The van der Waals surface area contributed by atoms with E-state index >= 15 is 0 Å². The Balaban J connectivity index is 2.33. The minimum Gasteiger partial charge on any atom is -0.497 e. The van der Waals surface area contributed by atoms with E-state index in [1.807, 2.05) is 0 Å². The first-order valence-corrected chi connectivity index (χ1v) is 11.1. The van der Waals surface area contributed by atoms with Gasteiger partial charge in [0.25, 0.3) is 5.78 Å². The van der Waals surface area contributed by atoms with Gasteiger partial charge in [-0.05, 0) is 47.4 Å². The van der Waals surface area contributed by atoms with Crippen LogP contribution in [0.3, 0.4) is 0 Å². The monoisotopic (exact) mass is 530 g/mol. The number of halogens is 5. The van der Waals surface area contributed by atoms with Gasteiger partial charge in [-0.3, -0.25) is 14.4 Å². The van der Waals surface area contributed by atoms with E-state index in [1.54, 1.807) is 18.2 Å². The average molecular weight is 531 g/mol. The molecule has 0 spiro atoms. The number of hydrogen-bond donors (Lipinski definition) is 2. The first kappa shape index (κ1) is 28.2. The third kappa shape index (κ3) is 8.00. The number of amides is 2. The number of methoxy groups -OCH3 is 1. The van der Waals surface area contributed by atoms with Gasteiger partial charge >= 0.3 is 6.18 Å². The number of ether oxygens (including phenoxy) is 1. The second-order valence-electron chi connectivity index (χ2n) is 7.82. The molecule has 0 unspecified atom stereocenters. The molecule has 2 aromatic carbocycles. The van der Waals surface area contributed by atoms with Crippen LogP contribution in [0.1, 0.15) is 31.0 Å². The number of nitrogens with one attached hydrogen (secondary N) is 2. The lowest BCUT2D eigenvalue weighted by Gasteiger charge is -2.25. The Morgan fingerprint density at radius 1 is 1.00 bits per heavy atom. The number of ketones is 1. The first-order chi connectivity index (χ1) is 16.3. The summed E-state index contributed by atoms with van der Waals surface area (Å²) >= 11 is 11.8. The van der Waals surface area contributed by atoms with Crippen LogP contribution in [0.4, 0.5) is 13.2 Å². The minimum absolute atomic E-state index is 0.236. The predicted molar refractivity (Wildman–Crippen MR) is 127 cm³/mol. The van der Waals surface area contributed by atoms with E-state index in [9.17, 15) is 27.6 Å². The highest BCUT2D eigenvalue weighted by Crippen LogP contribution is 2.25. The van der Waals surface area contributed by atoms with Gasteiger partial charge in [-0.25, -0.2) is 0 Å². The molecule has 11 heteroatoms. The Morgan fingerprint density at radius 2 is 1.69 bits per heavy atom. The Labute approximate surface area is 210 Å². The molecular weight excluding hydrogens is 508 g/mol. The molecular formula is C24H23Cl2F3N2O4. The van der Waals surface area contributed by atoms with Crippen molar-refractivity contribution in [1.82, 2.24) is 10.6 Å². The van der Waals surface area contributed by atoms with Gasteiger partial charge in [-0.2, -0.15) is 13.2 Å². The number of hydrogen-bond acceptors (Lipinski definition) is 4. The van der Waals surface area contributed by atoms with Gasteiger partial charge in [0.2, 0.25) is 11.8 Å². The fraction of sp³-hybridized carbons (Fsp3) is 0.292. The van der Waals surface area contributed by atoms with Crippen LogP contribution in [0, 0.1) is 5.92 Å². The zero-order valence-electron chi connectivity index (χ0n) is 19.0. The first-order valence-electron chi connectivity index (χ1n) is 10.3. The van der Waals surface area contributed by atoms with Crippen molar-refractivity contribution < 1.29 is 32.3 Å². The maximum atomic E-state index is 13.0. The number of rotatable bonds is 9. The molecule has 2 rings (SSSR count). The number of benzene rings is 2. The van der Waals surface area contributed by atoms with Gasteiger partial charge in [0.05, 0.1) is 23.2 Å². The van der Waals surface area contributed by atoms with E-state index in [-0.39, 0.29) is 10.6 Å². The molecule has 2 N–H and O–H groups in total. The molecule has 6 nitrogen and oxygen atoms in total. The third-order valence-electron chi connectivity index (χ3n) is 4.87. The number of alkyl halides is 3. The normalized spacial score (nSPS) is 13.4. The lowest BCUT2D eigenvalue weighted by molar-refractivity contribution is -0.175. The lowest BCUT2D eigenvalue weighted by Crippen LogP contribution is -2.52. The zero-order chi connectivity index (χ0) is 26.3. The molecule has 188 valence electrons. The number of Topliss-reactive ketones (excluding diaryl/α,β-unsaturated/α-hetero) is 1. The molecule has 0 aliphatic rings. The molecule has 0 saturated carbocycles. The van der Waals surface area contributed by atoms with Crippen molar-refractivity contribution in [2.24, 2.45) is 5.92 Å². The molecule has 0 fully saturated rings. The van der Waals surface area contributed by atoms with Crippen molar-refractivity contribution in [3.63, 3.8) is 0 Å². The predicted octanol–water partition coefficient (Wildman–Crippen LogP) is 5.14. The van der Waals surface area contributed by atoms with Crippen molar-refractivity contribution in [2.75, 3.05) is 7.11 Å². The third-order valence-corrected chi connectivity index (χ3v) is 5.61. The zero-order valence-corrected chi connectivity index (χ0v) is 20.5. The van der Waals surface area contributed by atoms with Gasteiger partial charge in [-0.1, -0.05) is 55.2 Å².